The summed E-state index contributed by atoms with van der Waals surface area (Å²) in [5.41, 5.74) is -2.05. The molecule has 0 spiro atoms. The molecule has 0 unspecified atom stereocenters. The van der Waals surface area contributed by atoms with E-state index in [4.69, 9.17) is 0 Å². The van der Waals surface area contributed by atoms with E-state index in [9.17, 15) is 38.2 Å². The van der Waals surface area contributed by atoms with Crippen molar-refractivity contribution in [2.45, 2.75) is 45.1 Å². The topological polar surface area (TPSA) is 165 Å². The molecule has 5 rings (SSSR count). The minimum Gasteiger partial charge on any atom is -0.478 e. The Balaban J connectivity index is 1.61. The van der Waals surface area contributed by atoms with E-state index < -0.39 is 47.0 Å². The van der Waals surface area contributed by atoms with Crippen LogP contribution in [-0.4, -0.2) is 63.8 Å². The summed E-state index contributed by atoms with van der Waals surface area (Å²) in [6.07, 6.45) is 3.54. The molecule has 41 heavy (non-hydrogen) atoms. The van der Waals surface area contributed by atoms with Gasteiger partial charge in [0.1, 0.15) is 5.69 Å². The molecule has 2 heterocycles. The molecule has 2 aromatic heterocycles. The van der Waals surface area contributed by atoms with Crippen LogP contribution in [0, 0.1) is 18.6 Å². The number of aryl methyl sites for hydroxylation is 1. The SMILES string of the molecule is Cc1cc(C(=O)O)nn1-c1ccc(N(C(=O)n2nnn(-c3c(F)cccc3F)c2=O)C2CCCCC2)cc1C(=O)O. The number of para-hydroxylation sites is 1. The maximum Gasteiger partial charge on any atom is 0.377 e. The predicted molar refractivity (Wildman–Crippen MR) is 138 cm³/mol. The van der Waals surface area contributed by atoms with Crippen LogP contribution in [0.25, 0.3) is 11.4 Å². The lowest BCUT2D eigenvalue weighted by atomic mass is 9.93. The molecule has 1 aliphatic carbocycles. The van der Waals surface area contributed by atoms with Crippen LogP contribution in [-0.2, 0) is 0 Å². The number of tetrazole rings is 1. The standard InChI is InChI=1S/C26H23F2N7O6/c1-14-12-20(24(38)39)29-33(14)21-11-10-16(13-17(21)23(36)37)32(15-6-3-2-4-7-15)25(40)35-26(41)34(30-31-35)22-18(27)8-5-9-19(22)28/h5,8-13,15H,2-4,6-7H2,1H3,(H,36,37)(H,38,39). The van der Waals surface area contributed by atoms with Crippen LogP contribution in [0.3, 0.4) is 0 Å². The van der Waals surface area contributed by atoms with E-state index in [1.54, 1.807) is 6.92 Å². The average Bonchev–Trinajstić information content (AvgIpc) is 3.52. The van der Waals surface area contributed by atoms with E-state index in [2.05, 4.69) is 15.5 Å². The molecule has 4 aromatic rings. The fraction of sp³-hybridized carbons (Fsp3) is 0.269. The van der Waals surface area contributed by atoms with Crippen molar-refractivity contribution >= 4 is 23.7 Å². The summed E-state index contributed by atoms with van der Waals surface area (Å²) in [6, 6.07) is 6.85. The summed E-state index contributed by atoms with van der Waals surface area (Å²) in [6.45, 7) is 1.56. The van der Waals surface area contributed by atoms with E-state index in [-0.39, 0.29) is 22.6 Å². The number of rotatable bonds is 6. The van der Waals surface area contributed by atoms with Crippen molar-refractivity contribution < 1.29 is 33.4 Å². The summed E-state index contributed by atoms with van der Waals surface area (Å²) < 4.78 is 30.6. The molecule has 1 aliphatic rings. The number of hydrogen-bond donors (Lipinski definition) is 2. The fourth-order valence-corrected chi connectivity index (χ4v) is 4.97. The normalized spacial score (nSPS) is 13.7. The summed E-state index contributed by atoms with van der Waals surface area (Å²) in [7, 11) is 0. The highest BCUT2D eigenvalue weighted by Gasteiger charge is 2.32. The molecule has 0 atom stereocenters. The number of amides is 1. The minimum absolute atomic E-state index is 0.0560. The van der Waals surface area contributed by atoms with Crippen molar-refractivity contribution in [2.24, 2.45) is 0 Å². The van der Waals surface area contributed by atoms with Crippen LogP contribution in [0.5, 0.6) is 0 Å². The van der Waals surface area contributed by atoms with E-state index in [1.807, 2.05) is 0 Å². The maximum atomic E-state index is 14.3. The smallest absolute Gasteiger partial charge is 0.377 e. The summed E-state index contributed by atoms with van der Waals surface area (Å²) in [5.74, 6) is -4.83. The van der Waals surface area contributed by atoms with Gasteiger partial charge < -0.3 is 10.2 Å². The third kappa shape index (κ3) is 4.97. The zero-order chi connectivity index (χ0) is 29.4. The summed E-state index contributed by atoms with van der Waals surface area (Å²) in [4.78, 5) is 51.8. The van der Waals surface area contributed by atoms with Crippen molar-refractivity contribution in [3.05, 3.63) is 81.5 Å². The number of aromatic nitrogens is 6. The number of aromatic carboxylic acids is 2. The number of nitrogens with zero attached hydrogens (tertiary/aromatic N) is 7. The third-order valence-corrected chi connectivity index (χ3v) is 6.88. The molecule has 1 amide bonds. The monoisotopic (exact) mass is 567 g/mol. The van der Waals surface area contributed by atoms with Gasteiger partial charge in [0.05, 0.1) is 11.3 Å². The second-order valence-corrected chi connectivity index (χ2v) is 9.49. The number of hydrogen-bond acceptors (Lipinski definition) is 7. The molecule has 212 valence electrons. The molecular formula is C26H23F2N7O6. The van der Waals surface area contributed by atoms with Crippen molar-refractivity contribution in [3.8, 4) is 11.4 Å². The number of benzene rings is 2. The number of carboxylic acid groups (broad SMARTS) is 2. The van der Waals surface area contributed by atoms with Gasteiger partial charge in [0.15, 0.2) is 17.3 Å². The van der Waals surface area contributed by atoms with E-state index in [0.717, 1.165) is 37.5 Å². The Morgan fingerprint density at radius 1 is 0.927 bits per heavy atom. The fourth-order valence-electron chi connectivity index (χ4n) is 4.97. The Labute approximate surface area is 229 Å². The summed E-state index contributed by atoms with van der Waals surface area (Å²) >= 11 is 0. The first-order valence-corrected chi connectivity index (χ1v) is 12.6. The van der Waals surface area contributed by atoms with Crippen LogP contribution in [0.4, 0.5) is 19.3 Å². The maximum absolute atomic E-state index is 14.3. The van der Waals surface area contributed by atoms with Gasteiger partial charge in [-0.3, -0.25) is 4.90 Å². The Morgan fingerprint density at radius 2 is 1.61 bits per heavy atom. The van der Waals surface area contributed by atoms with Gasteiger partial charge in [-0.05, 0) is 66.6 Å². The van der Waals surface area contributed by atoms with Crippen molar-refractivity contribution in [1.82, 2.24) is 29.6 Å². The number of anilines is 1. The van der Waals surface area contributed by atoms with Gasteiger partial charge in [-0.15, -0.1) is 4.68 Å². The first-order valence-electron chi connectivity index (χ1n) is 12.6. The Kier molecular flexibility index (Phi) is 7.17. The first-order chi connectivity index (χ1) is 19.6. The van der Waals surface area contributed by atoms with Crippen LogP contribution in [0.2, 0.25) is 0 Å². The second-order valence-electron chi connectivity index (χ2n) is 9.49. The number of carbonyl (C=O) groups is 3. The lowest BCUT2D eigenvalue weighted by Crippen LogP contribution is -2.47. The molecule has 0 aliphatic heterocycles. The van der Waals surface area contributed by atoms with E-state index in [1.165, 1.54) is 33.8 Å². The second kappa shape index (κ2) is 10.7. The van der Waals surface area contributed by atoms with Crippen molar-refractivity contribution in [3.63, 3.8) is 0 Å². The predicted octanol–water partition coefficient (Wildman–Crippen LogP) is 3.41. The van der Waals surface area contributed by atoms with Gasteiger partial charge in [-0.1, -0.05) is 25.3 Å². The molecular weight excluding hydrogens is 544 g/mol. The number of halogens is 2. The van der Waals surface area contributed by atoms with Crippen LogP contribution in [0.15, 0.2) is 47.3 Å². The zero-order valence-electron chi connectivity index (χ0n) is 21.6. The molecule has 0 saturated heterocycles. The molecule has 15 heteroatoms. The minimum atomic E-state index is -1.37. The van der Waals surface area contributed by atoms with Gasteiger partial charge in [-0.25, -0.2) is 32.6 Å². The Hall–Kier alpha value is -5.21. The lowest BCUT2D eigenvalue weighted by molar-refractivity contribution is 0.0684. The molecule has 2 aromatic carbocycles. The molecule has 13 nitrogen and oxygen atoms in total. The lowest BCUT2D eigenvalue weighted by Gasteiger charge is -2.34. The van der Waals surface area contributed by atoms with E-state index >= 15 is 0 Å². The Bertz CT molecular complexity index is 1720. The molecule has 0 radical (unpaired) electrons. The first kappa shape index (κ1) is 27.4. The van der Waals surface area contributed by atoms with E-state index in [0.29, 0.717) is 27.9 Å². The number of carbonyl (C=O) groups excluding carboxylic acids is 1. The third-order valence-electron chi connectivity index (χ3n) is 6.88. The quantitative estimate of drug-likeness (QED) is 0.332. The highest BCUT2D eigenvalue weighted by atomic mass is 19.1. The van der Waals surface area contributed by atoms with Gasteiger partial charge in [-0.2, -0.15) is 9.78 Å². The largest absolute Gasteiger partial charge is 0.478 e. The van der Waals surface area contributed by atoms with Crippen molar-refractivity contribution in [1.29, 1.82) is 0 Å². The molecule has 2 N–H and O–H groups in total. The van der Waals surface area contributed by atoms with Crippen LogP contribution < -0.4 is 10.6 Å². The highest BCUT2D eigenvalue weighted by molar-refractivity contribution is 5.98. The number of carboxylic acids is 2. The average molecular weight is 568 g/mol. The molecule has 1 fully saturated rings. The zero-order valence-corrected chi connectivity index (χ0v) is 21.6. The highest BCUT2D eigenvalue weighted by Crippen LogP contribution is 2.31. The summed E-state index contributed by atoms with van der Waals surface area (Å²) in [5, 5.41) is 30.4. The van der Waals surface area contributed by atoms with Gasteiger partial charge >= 0.3 is 23.7 Å². The van der Waals surface area contributed by atoms with Gasteiger partial charge in [0.2, 0.25) is 0 Å². The van der Waals surface area contributed by atoms with Crippen molar-refractivity contribution in [2.75, 3.05) is 4.90 Å². The van der Waals surface area contributed by atoms with Gasteiger partial charge in [0.25, 0.3) is 0 Å². The van der Waals surface area contributed by atoms with Gasteiger partial charge in [0, 0.05) is 17.4 Å². The van der Waals surface area contributed by atoms with Crippen LogP contribution >= 0.6 is 0 Å². The molecule has 1 saturated carbocycles. The van der Waals surface area contributed by atoms with Crippen LogP contribution in [0.1, 0.15) is 58.6 Å². The molecule has 0 bridgehead atoms. The Morgan fingerprint density at radius 3 is 2.22 bits per heavy atom.